The quantitative estimate of drug-likeness (QED) is 0.790. The van der Waals surface area contributed by atoms with Gasteiger partial charge >= 0.3 is 0 Å². The Hall–Kier alpha value is -1.72. The lowest BCUT2D eigenvalue weighted by Gasteiger charge is -2.09. The molecule has 0 saturated carbocycles. The van der Waals surface area contributed by atoms with E-state index < -0.39 is 17.7 Å². The van der Waals surface area contributed by atoms with Gasteiger partial charge in [-0.2, -0.15) is 0 Å². The fourth-order valence-electron chi connectivity index (χ4n) is 1.81. The number of aliphatic hydroxyl groups excluding tert-OH is 1. The van der Waals surface area contributed by atoms with Gasteiger partial charge in [0.2, 0.25) is 0 Å². The molecule has 1 aromatic carbocycles. The molecule has 0 spiro atoms. The minimum Gasteiger partial charge on any atom is -0.467 e. The molecular weight excluding hydrogens is 252 g/mol. The average Bonchev–Trinajstić information content (AvgIpc) is 2.87. The third-order valence-corrected chi connectivity index (χ3v) is 2.72. The number of nitrogens with one attached hydrogen (secondary N) is 1. The van der Waals surface area contributed by atoms with Crippen molar-refractivity contribution in [3.05, 3.63) is 59.6 Å². The molecule has 3 nitrogen and oxygen atoms in total. The summed E-state index contributed by atoms with van der Waals surface area (Å²) in [7, 11) is 0. The molecule has 1 atom stereocenters. The second kappa shape index (κ2) is 6.45. The number of aliphatic hydroxyl groups is 1. The van der Waals surface area contributed by atoms with Gasteiger partial charge in [-0.15, -0.1) is 0 Å². The second-order valence-electron chi connectivity index (χ2n) is 4.26. The van der Waals surface area contributed by atoms with Crippen LogP contribution in [0.15, 0.2) is 41.0 Å². The highest BCUT2D eigenvalue weighted by Crippen LogP contribution is 2.12. The molecule has 102 valence electrons. The molecule has 0 aliphatic rings. The standard InChI is InChI=1S/C14H15F2NO2/c15-11-6-10(7-12(16)8-11)3-4-17-9-13(18)14-2-1-5-19-14/h1-2,5-8,13,17-18H,3-4,9H2. The van der Waals surface area contributed by atoms with Gasteiger partial charge in [0.15, 0.2) is 0 Å². The van der Waals surface area contributed by atoms with Gasteiger partial charge in [0.1, 0.15) is 23.5 Å². The summed E-state index contributed by atoms with van der Waals surface area (Å²) in [5.74, 6) is -0.666. The fourth-order valence-corrected chi connectivity index (χ4v) is 1.81. The first-order valence-corrected chi connectivity index (χ1v) is 6.02. The highest BCUT2D eigenvalue weighted by molar-refractivity contribution is 5.18. The zero-order valence-electron chi connectivity index (χ0n) is 10.3. The molecular formula is C14H15F2NO2. The predicted octanol–water partition coefficient (Wildman–Crippen LogP) is 2.42. The van der Waals surface area contributed by atoms with E-state index in [0.29, 0.717) is 30.8 Å². The molecule has 5 heteroatoms. The normalized spacial score (nSPS) is 12.6. The lowest BCUT2D eigenvalue weighted by molar-refractivity contribution is 0.148. The van der Waals surface area contributed by atoms with Gasteiger partial charge in [-0.25, -0.2) is 8.78 Å². The van der Waals surface area contributed by atoms with Crippen molar-refractivity contribution < 1.29 is 18.3 Å². The first-order chi connectivity index (χ1) is 9.15. The van der Waals surface area contributed by atoms with Crippen molar-refractivity contribution in [3.63, 3.8) is 0 Å². The third kappa shape index (κ3) is 4.15. The number of furan rings is 1. The largest absolute Gasteiger partial charge is 0.467 e. The molecule has 0 saturated heterocycles. The summed E-state index contributed by atoms with van der Waals surface area (Å²) in [5.41, 5.74) is 0.581. The number of halogens is 2. The maximum absolute atomic E-state index is 12.9. The Morgan fingerprint density at radius 1 is 1.21 bits per heavy atom. The summed E-state index contributed by atoms with van der Waals surface area (Å²) in [6, 6.07) is 6.83. The summed E-state index contributed by atoms with van der Waals surface area (Å²) >= 11 is 0. The Labute approximate surface area is 109 Å². The van der Waals surface area contributed by atoms with Crippen molar-refractivity contribution in [3.8, 4) is 0 Å². The van der Waals surface area contributed by atoms with Crippen molar-refractivity contribution >= 4 is 0 Å². The number of hydrogen-bond acceptors (Lipinski definition) is 3. The molecule has 0 radical (unpaired) electrons. The van der Waals surface area contributed by atoms with Crippen LogP contribution >= 0.6 is 0 Å². The molecule has 0 aliphatic carbocycles. The molecule has 19 heavy (non-hydrogen) atoms. The van der Waals surface area contributed by atoms with Crippen LogP contribution in [-0.4, -0.2) is 18.2 Å². The van der Waals surface area contributed by atoms with Gasteiger partial charge in [0.05, 0.1) is 6.26 Å². The fraction of sp³-hybridized carbons (Fsp3) is 0.286. The first-order valence-electron chi connectivity index (χ1n) is 6.02. The zero-order valence-corrected chi connectivity index (χ0v) is 10.3. The number of rotatable bonds is 6. The Morgan fingerprint density at radius 3 is 2.58 bits per heavy atom. The highest BCUT2D eigenvalue weighted by Gasteiger charge is 2.09. The van der Waals surface area contributed by atoms with E-state index in [1.165, 1.54) is 18.4 Å². The zero-order chi connectivity index (χ0) is 13.7. The van der Waals surface area contributed by atoms with Crippen LogP contribution in [-0.2, 0) is 6.42 Å². The Kier molecular flexibility index (Phi) is 4.65. The van der Waals surface area contributed by atoms with Gasteiger partial charge in [0.25, 0.3) is 0 Å². The van der Waals surface area contributed by atoms with Gasteiger partial charge in [0, 0.05) is 12.6 Å². The summed E-state index contributed by atoms with van der Waals surface area (Å²) in [5, 5.41) is 12.7. The first kappa shape index (κ1) is 13.7. The molecule has 1 unspecified atom stereocenters. The molecule has 2 rings (SSSR count). The van der Waals surface area contributed by atoms with Crippen molar-refractivity contribution in [1.29, 1.82) is 0 Å². The summed E-state index contributed by atoms with van der Waals surface area (Å²) in [6.45, 7) is 0.839. The van der Waals surface area contributed by atoms with Crippen LogP contribution in [0.4, 0.5) is 8.78 Å². The summed E-state index contributed by atoms with van der Waals surface area (Å²) in [4.78, 5) is 0. The van der Waals surface area contributed by atoms with Crippen LogP contribution < -0.4 is 5.32 Å². The maximum Gasteiger partial charge on any atom is 0.133 e. The number of benzene rings is 1. The van der Waals surface area contributed by atoms with E-state index in [-0.39, 0.29) is 0 Å². The lowest BCUT2D eigenvalue weighted by Crippen LogP contribution is -2.23. The smallest absolute Gasteiger partial charge is 0.133 e. The van der Waals surface area contributed by atoms with Crippen molar-refractivity contribution in [2.45, 2.75) is 12.5 Å². The highest BCUT2D eigenvalue weighted by atomic mass is 19.1. The molecule has 2 aromatic rings. The monoisotopic (exact) mass is 267 g/mol. The molecule has 0 amide bonds. The summed E-state index contributed by atoms with van der Waals surface area (Å²) < 4.78 is 30.9. The summed E-state index contributed by atoms with van der Waals surface area (Å²) in [6.07, 6.45) is 1.26. The van der Waals surface area contributed by atoms with Crippen molar-refractivity contribution in [1.82, 2.24) is 5.32 Å². The number of hydrogen-bond donors (Lipinski definition) is 2. The SMILES string of the molecule is OC(CNCCc1cc(F)cc(F)c1)c1ccco1. The molecule has 1 heterocycles. The van der Waals surface area contributed by atoms with Crippen molar-refractivity contribution in [2.24, 2.45) is 0 Å². The molecule has 0 fully saturated rings. The van der Waals surface area contributed by atoms with Gasteiger partial charge in [-0.3, -0.25) is 0 Å². The van der Waals surface area contributed by atoms with E-state index in [2.05, 4.69) is 5.32 Å². The minimum absolute atomic E-state index is 0.325. The van der Waals surface area contributed by atoms with Crippen LogP contribution in [0.1, 0.15) is 17.4 Å². The van der Waals surface area contributed by atoms with E-state index in [1.807, 2.05) is 0 Å². The van der Waals surface area contributed by atoms with Crippen molar-refractivity contribution in [2.75, 3.05) is 13.1 Å². The van der Waals surface area contributed by atoms with Gasteiger partial charge < -0.3 is 14.8 Å². The van der Waals surface area contributed by atoms with Crippen LogP contribution in [0.25, 0.3) is 0 Å². The second-order valence-corrected chi connectivity index (χ2v) is 4.26. The van der Waals surface area contributed by atoms with Gasteiger partial charge in [-0.1, -0.05) is 0 Å². The molecule has 1 aromatic heterocycles. The van der Waals surface area contributed by atoms with E-state index in [4.69, 9.17) is 4.42 Å². The van der Waals surface area contributed by atoms with Gasteiger partial charge in [-0.05, 0) is 42.8 Å². The third-order valence-electron chi connectivity index (χ3n) is 2.72. The lowest BCUT2D eigenvalue weighted by atomic mass is 10.1. The van der Waals surface area contributed by atoms with Crippen LogP contribution in [0.3, 0.4) is 0 Å². The average molecular weight is 267 g/mol. The topological polar surface area (TPSA) is 45.4 Å². The van der Waals surface area contributed by atoms with E-state index in [9.17, 15) is 13.9 Å². The Bertz CT molecular complexity index is 494. The molecule has 0 bridgehead atoms. The van der Waals surface area contributed by atoms with Crippen LogP contribution in [0, 0.1) is 11.6 Å². The van der Waals surface area contributed by atoms with Crippen LogP contribution in [0.5, 0.6) is 0 Å². The maximum atomic E-state index is 12.9. The van der Waals surface area contributed by atoms with E-state index in [1.54, 1.807) is 12.1 Å². The van der Waals surface area contributed by atoms with Crippen LogP contribution in [0.2, 0.25) is 0 Å². The minimum atomic E-state index is -0.723. The molecule has 0 aliphatic heterocycles. The van der Waals surface area contributed by atoms with E-state index in [0.717, 1.165) is 6.07 Å². The predicted molar refractivity (Wildman–Crippen MR) is 66.6 cm³/mol. The van der Waals surface area contributed by atoms with E-state index >= 15 is 0 Å². The Morgan fingerprint density at radius 2 is 1.95 bits per heavy atom. The Balaban J connectivity index is 1.75. The molecule has 2 N–H and O–H groups in total.